The summed E-state index contributed by atoms with van der Waals surface area (Å²) in [5, 5.41) is 4.96. The number of benzene rings is 3. The maximum absolute atomic E-state index is 12.7. The first-order valence-electron chi connectivity index (χ1n) is 9.21. The van der Waals surface area contributed by atoms with Crippen LogP contribution in [0.1, 0.15) is 10.4 Å². The number of nitrogen functional groups attached to an aromatic ring is 1. The third-order valence-corrected chi connectivity index (χ3v) is 4.55. The molecule has 0 saturated carbocycles. The number of carbonyl (C=O) groups excluding carboxylic acids is 1. The molecule has 0 bridgehead atoms. The van der Waals surface area contributed by atoms with E-state index >= 15 is 0 Å². The Morgan fingerprint density at radius 2 is 1.73 bits per heavy atom. The lowest BCUT2D eigenvalue weighted by Gasteiger charge is -2.14. The van der Waals surface area contributed by atoms with Crippen LogP contribution in [-0.4, -0.2) is 23.0 Å². The van der Waals surface area contributed by atoms with Crippen LogP contribution in [0.3, 0.4) is 0 Å². The van der Waals surface area contributed by atoms with Gasteiger partial charge >= 0.3 is 0 Å². The minimum atomic E-state index is -0.299. The Morgan fingerprint density at radius 1 is 0.967 bits per heavy atom. The Balaban J connectivity index is 1.51. The molecule has 4 aromatic rings. The molecule has 8 nitrogen and oxygen atoms in total. The predicted molar refractivity (Wildman–Crippen MR) is 118 cm³/mol. The zero-order valence-corrected chi connectivity index (χ0v) is 16.2. The molecule has 1 amide bonds. The number of anilines is 4. The van der Waals surface area contributed by atoms with Gasteiger partial charge in [-0.15, -0.1) is 0 Å². The molecule has 0 unspecified atom stereocenters. The number of methoxy groups -OCH3 is 1. The van der Waals surface area contributed by atoms with Gasteiger partial charge in [0.1, 0.15) is 17.8 Å². The maximum atomic E-state index is 12.7. The van der Waals surface area contributed by atoms with Crippen molar-refractivity contribution in [3.63, 3.8) is 0 Å². The molecule has 8 heteroatoms. The molecule has 0 atom stereocenters. The first-order valence-corrected chi connectivity index (χ1v) is 9.21. The van der Waals surface area contributed by atoms with Crippen LogP contribution in [0.2, 0.25) is 0 Å². The van der Waals surface area contributed by atoms with Crippen molar-refractivity contribution in [3.05, 3.63) is 78.6 Å². The summed E-state index contributed by atoms with van der Waals surface area (Å²) in [6.45, 7) is 0. The predicted octanol–water partition coefficient (Wildman–Crippen LogP) is 3.72. The van der Waals surface area contributed by atoms with Gasteiger partial charge in [-0.05, 0) is 29.0 Å². The van der Waals surface area contributed by atoms with Gasteiger partial charge in [0.05, 0.1) is 7.11 Å². The quantitative estimate of drug-likeness (QED) is 0.365. The monoisotopic (exact) mass is 400 g/mol. The first kappa shape index (κ1) is 19.0. The number of ether oxygens (including phenoxy) is 1. The minimum Gasteiger partial charge on any atom is -0.497 e. The van der Waals surface area contributed by atoms with Gasteiger partial charge in [-0.2, -0.15) is 0 Å². The zero-order chi connectivity index (χ0) is 20.9. The number of nitrogens with two attached hydrogens (primary N) is 1. The van der Waals surface area contributed by atoms with Crippen molar-refractivity contribution in [2.75, 3.05) is 23.6 Å². The van der Waals surface area contributed by atoms with Gasteiger partial charge in [-0.1, -0.05) is 42.5 Å². The van der Waals surface area contributed by atoms with E-state index in [1.807, 2.05) is 60.7 Å². The topological polar surface area (TPSA) is 114 Å². The summed E-state index contributed by atoms with van der Waals surface area (Å²) in [5.41, 5.74) is 13.2. The van der Waals surface area contributed by atoms with Crippen molar-refractivity contribution >= 4 is 39.7 Å². The average Bonchev–Trinajstić information content (AvgIpc) is 2.79. The van der Waals surface area contributed by atoms with Crippen molar-refractivity contribution in [2.24, 2.45) is 0 Å². The molecule has 0 radical (unpaired) electrons. The minimum absolute atomic E-state index is 0.263. The van der Waals surface area contributed by atoms with E-state index in [2.05, 4.69) is 26.1 Å². The fourth-order valence-corrected chi connectivity index (χ4v) is 3.04. The van der Waals surface area contributed by atoms with Gasteiger partial charge in [-0.25, -0.2) is 9.97 Å². The van der Waals surface area contributed by atoms with Crippen LogP contribution in [0.5, 0.6) is 5.75 Å². The number of hydrogen-bond donors (Lipinski definition) is 4. The molecular weight excluding hydrogens is 380 g/mol. The summed E-state index contributed by atoms with van der Waals surface area (Å²) < 4.78 is 5.22. The van der Waals surface area contributed by atoms with E-state index in [0.29, 0.717) is 17.1 Å². The van der Waals surface area contributed by atoms with E-state index in [9.17, 15) is 4.79 Å². The van der Waals surface area contributed by atoms with Crippen molar-refractivity contribution in [2.45, 2.75) is 0 Å². The number of hydrazine groups is 1. The Bertz CT molecular complexity index is 1210. The van der Waals surface area contributed by atoms with E-state index in [4.69, 9.17) is 10.5 Å². The largest absolute Gasteiger partial charge is 0.497 e. The molecule has 4 rings (SSSR count). The molecule has 30 heavy (non-hydrogen) atoms. The first-order chi connectivity index (χ1) is 14.7. The molecule has 1 aromatic heterocycles. The Kier molecular flexibility index (Phi) is 5.29. The van der Waals surface area contributed by atoms with Gasteiger partial charge < -0.3 is 15.8 Å². The van der Waals surface area contributed by atoms with Crippen LogP contribution < -0.4 is 26.6 Å². The SMILES string of the molecule is COc1cccc(Nc2ncnc(NNC(=O)c3cccc4ccccc34)c2N)c1. The maximum Gasteiger partial charge on any atom is 0.270 e. The second-order valence-corrected chi connectivity index (χ2v) is 6.45. The number of fused-ring (bicyclic) bond motifs is 1. The highest BCUT2D eigenvalue weighted by Gasteiger charge is 2.12. The molecule has 0 saturated heterocycles. The van der Waals surface area contributed by atoms with Crippen molar-refractivity contribution in [1.29, 1.82) is 0 Å². The number of rotatable bonds is 6. The van der Waals surface area contributed by atoms with Crippen LogP contribution in [0.4, 0.5) is 23.0 Å². The number of aromatic nitrogens is 2. The Labute approximate surface area is 173 Å². The van der Waals surface area contributed by atoms with Crippen LogP contribution >= 0.6 is 0 Å². The van der Waals surface area contributed by atoms with Gasteiger partial charge in [0.25, 0.3) is 5.91 Å². The fraction of sp³-hybridized carbons (Fsp3) is 0.0455. The molecule has 0 spiro atoms. The standard InChI is InChI=1S/C22H20N6O2/c1-30-16-9-5-8-15(12-16)26-20-19(23)21(25-13-24-20)27-28-22(29)18-11-4-7-14-6-2-3-10-17(14)18/h2-13H,23H2,1H3,(H,28,29)(H2,24,25,26,27). The van der Waals surface area contributed by atoms with Crippen LogP contribution in [0, 0.1) is 0 Å². The summed E-state index contributed by atoms with van der Waals surface area (Å²) in [5.74, 6) is 1.09. The van der Waals surface area contributed by atoms with E-state index in [-0.39, 0.29) is 17.4 Å². The van der Waals surface area contributed by atoms with Crippen molar-refractivity contribution in [1.82, 2.24) is 15.4 Å². The smallest absolute Gasteiger partial charge is 0.270 e. The van der Waals surface area contributed by atoms with E-state index < -0.39 is 0 Å². The summed E-state index contributed by atoms with van der Waals surface area (Å²) in [6, 6.07) is 20.6. The number of amides is 1. The zero-order valence-electron chi connectivity index (χ0n) is 16.2. The molecular formula is C22H20N6O2. The lowest BCUT2D eigenvalue weighted by atomic mass is 10.0. The summed E-state index contributed by atoms with van der Waals surface area (Å²) in [6.07, 6.45) is 1.35. The van der Waals surface area contributed by atoms with E-state index in [1.54, 1.807) is 13.2 Å². The molecule has 0 fully saturated rings. The van der Waals surface area contributed by atoms with Crippen LogP contribution in [-0.2, 0) is 0 Å². The number of hydrogen-bond acceptors (Lipinski definition) is 7. The highest BCUT2D eigenvalue weighted by atomic mass is 16.5. The van der Waals surface area contributed by atoms with Crippen molar-refractivity contribution < 1.29 is 9.53 Å². The van der Waals surface area contributed by atoms with Crippen molar-refractivity contribution in [3.8, 4) is 5.75 Å². The molecule has 1 heterocycles. The van der Waals surface area contributed by atoms with Gasteiger partial charge in [0.2, 0.25) is 0 Å². The highest BCUT2D eigenvalue weighted by Crippen LogP contribution is 2.27. The lowest BCUT2D eigenvalue weighted by Crippen LogP contribution is -2.30. The van der Waals surface area contributed by atoms with E-state index in [1.165, 1.54) is 6.33 Å². The Hall–Kier alpha value is -4.33. The van der Waals surface area contributed by atoms with Gasteiger partial charge in [0, 0.05) is 17.3 Å². The van der Waals surface area contributed by atoms with E-state index in [0.717, 1.165) is 16.5 Å². The summed E-state index contributed by atoms with van der Waals surface area (Å²) >= 11 is 0. The number of nitrogens with zero attached hydrogens (tertiary/aromatic N) is 2. The van der Waals surface area contributed by atoms with Crippen LogP contribution in [0.25, 0.3) is 10.8 Å². The number of carbonyl (C=O) groups is 1. The third kappa shape index (κ3) is 3.93. The lowest BCUT2D eigenvalue weighted by molar-refractivity contribution is 0.0964. The third-order valence-electron chi connectivity index (χ3n) is 4.55. The van der Waals surface area contributed by atoms with Gasteiger partial charge in [0.15, 0.2) is 11.6 Å². The molecule has 0 aliphatic heterocycles. The fourth-order valence-electron chi connectivity index (χ4n) is 3.04. The molecule has 0 aliphatic carbocycles. The molecule has 150 valence electrons. The second-order valence-electron chi connectivity index (χ2n) is 6.45. The molecule has 0 aliphatic rings. The average molecular weight is 400 g/mol. The van der Waals surface area contributed by atoms with Crippen LogP contribution in [0.15, 0.2) is 73.1 Å². The summed E-state index contributed by atoms with van der Waals surface area (Å²) in [4.78, 5) is 21.0. The summed E-state index contributed by atoms with van der Waals surface area (Å²) in [7, 11) is 1.60. The molecule has 3 aromatic carbocycles. The normalized spacial score (nSPS) is 10.4. The number of nitrogens with one attached hydrogen (secondary N) is 3. The highest BCUT2D eigenvalue weighted by molar-refractivity contribution is 6.07. The van der Waals surface area contributed by atoms with Gasteiger partial charge in [-0.3, -0.25) is 15.6 Å². The molecule has 5 N–H and O–H groups in total. The Morgan fingerprint density at radius 3 is 2.60 bits per heavy atom. The second kappa shape index (κ2) is 8.36.